The van der Waals surface area contributed by atoms with Gasteiger partial charge >= 0.3 is 5.97 Å². The van der Waals surface area contributed by atoms with E-state index in [2.05, 4.69) is 15.7 Å². The molecule has 1 fully saturated rings. The Bertz CT molecular complexity index is 623. The molecule has 0 unspecified atom stereocenters. The minimum atomic E-state index is -0.475. The third-order valence-corrected chi connectivity index (χ3v) is 3.74. The summed E-state index contributed by atoms with van der Waals surface area (Å²) in [7, 11) is 3.54. The number of carbonyl (C=O) groups is 1. The third kappa shape index (κ3) is 2.94. The number of nitrogens with zero attached hydrogens (tertiary/aromatic N) is 2. The van der Waals surface area contributed by atoms with E-state index in [1.165, 1.54) is 11.6 Å². The number of H-pyrrole nitrogens is 1. The van der Waals surface area contributed by atoms with Crippen molar-refractivity contribution in [3.63, 3.8) is 0 Å². The molecule has 1 aromatic rings. The highest BCUT2D eigenvalue weighted by atomic mass is 32.2. The van der Waals surface area contributed by atoms with Crippen LogP contribution in [0, 0.1) is 0 Å². The lowest BCUT2D eigenvalue weighted by atomic mass is 10.3. The van der Waals surface area contributed by atoms with Crippen LogP contribution in [-0.2, 0) is 11.8 Å². The number of aryl methyl sites for hydroxylation is 1. The predicted octanol–water partition coefficient (Wildman–Crippen LogP) is 0.771. The van der Waals surface area contributed by atoms with E-state index in [-0.39, 0.29) is 11.4 Å². The van der Waals surface area contributed by atoms with Crippen LogP contribution in [-0.4, -0.2) is 40.0 Å². The van der Waals surface area contributed by atoms with Crippen molar-refractivity contribution in [2.75, 3.05) is 19.3 Å². The van der Waals surface area contributed by atoms with Gasteiger partial charge in [-0.15, -0.1) is 0 Å². The smallest absolute Gasteiger partial charge is 0.309 e. The van der Waals surface area contributed by atoms with Gasteiger partial charge in [0.2, 0.25) is 5.88 Å². The first-order valence-corrected chi connectivity index (χ1v) is 6.75. The monoisotopic (exact) mass is 281 g/mol. The molecule has 0 radical (unpaired) electrons. The van der Waals surface area contributed by atoms with Crippen molar-refractivity contribution in [2.24, 2.45) is 7.05 Å². The molecule has 1 saturated heterocycles. The molecule has 0 amide bonds. The second kappa shape index (κ2) is 5.42. The van der Waals surface area contributed by atoms with Crippen molar-refractivity contribution < 1.29 is 9.53 Å². The van der Waals surface area contributed by atoms with Crippen LogP contribution in [0.25, 0.3) is 6.08 Å². The van der Waals surface area contributed by atoms with Gasteiger partial charge in [0.05, 0.1) is 0 Å². The van der Waals surface area contributed by atoms with Gasteiger partial charge < -0.3 is 9.64 Å². The molecule has 0 aliphatic carbocycles. The van der Waals surface area contributed by atoms with Crippen LogP contribution in [0.1, 0.15) is 12.5 Å². The fourth-order valence-corrected chi connectivity index (χ4v) is 2.68. The van der Waals surface area contributed by atoms with Crippen LogP contribution in [0.15, 0.2) is 15.6 Å². The summed E-state index contributed by atoms with van der Waals surface area (Å²) in [6, 6.07) is 0. The van der Waals surface area contributed by atoms with Gasteiger partial charge in [-0.2, -0.15) is 0 Å². The maximum atomic E-state index is 11.9. The Kier molecular flexibility index (Phi) is 3.87. The molecule has 19 heavy (non-hydrogen) atoms. The summed E-state index contributed by atoms with van der Waals surface area (Å²) < 4.78 is 6.24. The molecular weight excluding hydrogens is 266 g/mol. The highest BCUT2D eigenvalue weighted by molar-refractivity contribution is 8.03. The molecule has 0 aromatic carbocycles. The first-order valence-electron chi connectivity index (χ1n) is 5.77. The SMILES string of the molecule is CC(=O)Oc1[nH]n(C)c(=O)c1C=C=C1SCCN1C. The van der Waals surface area contributed by atoms with Crippen molar-refractivity contribution in [3.8, 4) is 5.88 Å². The molecular formula is C12H15N3O3S. The first-order chi connectivity index (χ1) is 8.99. The fourth-order valence-electron chi connectivity index (χ4n) is 1.67. The maximum absolute atomic E-state index is 11.9. The van der Waals surface area contributed by atoms with E-state index in [1.807, 2.05) is 7.05 Å². The Balaban J connectivity index is 2.41. The van der Waals surface area contributed by atoms with E-state index in [9.17, 15) is 9.59 Å². The lowest BCUT2D eigenvalue weighted by Gasteiger charge is -2.07. The second-order valence-electron chi connectivity index (χ2n) is 4.18. The van der Waals surface area contributed by atoms with E-state index in [4.69, 9.17) is 4.74 Å². The van der Waals surface area contributed by atoms with E-state index < -0.39 is 5.97 Å². The number of esters is 1. The van der Waals surface area contributed by atoms with Crippen LogP contribution in [0.4, 0.5) is 0 Å². The largest absolute Gasteiger partial charge is 0.407 e. The number of rotatable bonds is 2. The number of aromatic nitrogens is 2. The van der Waals surface area contributed by atoms with Gasteiger partial charge in [0.15, 0.2) is 0 Å². The van der Waals surface area contributed by atoms with Crippen LogP contribution >= 0.6 is 11.8 Å². The van der Waals surface area contributed by atoms with E-state index in [1.54, 1.807) is 24.9 Å². The Morgan fingerprint density at radius 1 is 1.53 bits per heavy atom. The quantitative estimate of drug-likeness (QED) is 0.640. The van der Waals surface area contributed by atoms with Crippen LogP contribution in [0.2, 0.25) is 0 Å². The van der Waals surface area contributed by atoms with Crippen molar-refractivity contribution >= 4 is 23.8 Å². The lowest BCUT2D eigenvalue weighted by molar-refractivity contribution is -0.132. The minimum absolute atomic E-state index is 0.152. The number of nitrogens with one attached hydrogen (secondary N) is 1. The summed E-state index contributed by atoms with van der Waals surface area (Å²) in [5.41, 5.74) is 3.11. The summed E-state index contributed by atoms with van der Waals surface area (Å²) in [6.45, 7) is 2.25. The fraction of sp³-hybridized carbons (Fsp3) is 0.417. The predicted molar refractivity (Wildman–Crippen MR) is 73.9 cm³/mol. The summed E-state index contributed by atoms with van der Waals surface area (Å²) >= 11 is 1.68. The molecule has 102 valence electrons. The van der Waals surface area contributed by atoms with Gasteiger partial charge in [-0.1, -0.05) is 17.5 Å². The number of hydrogen-bond donors (Lipinski definition) is 1. The standard InChI is InChI=1S/C12H15N3O3S/c1-8(16)18-11-9(12(17)15(3)13-11)4-5-10-14(2)6-7-19-10/h4,13H,6-7H2,1-3H3. The van der Waals surface area contributed by atoms with Gasteiger partial charge in [-0.25, -0.2) is 0 Å². The summed E-state index contributed by atoms with van der Waals surface area (Å²) in [6.07, 6.45) is 1.56. The van der Waals surface area contributed by atoms with Crippen molar-refractivity contribution in [2.45, 2.75) is 6.92 Å². The zero-order valence-corrected chi connectivity index (χ0v) is 11.8. The number of ether oxygens (including phenoxy) is 1. The molecule has 1 aromatic heterocycles. The molecule has 1 aliphatic rings. The molecule has 0 atom stereocenters. The van der Waals surface area contributed by atoms with Gasteiger partial charge in [-0.3, -0.25) is 19.4 Å². The topological polar surface area (TPSA) is 67.3 Å². The summed E-state index contributed by atoms with van der Waals surface area (Å²) in [5.74, 6) is 0.685. The van der Waals surface area contributed by atoms with Gasteiger partial charge in [-0.05, 0) is 0 Å². The molecule has 2 rings (SSSR count). The molecule has 0 spiro atoms. The first kappa shape index (κ1) is 13.6. The number of carbonyl (C=O) groups excluding carboxylic acids is 1. The minimum Gasteiger partial charge on any atom is -0.407 e. The van der Waals surface area contributed by atoms with Gasteiger partial charge in [0.1, 0.15) is 10.6 Å². The van der Waals surface area contributed by atoms with Crippen molar-refractivity contribution in [1.29, 1.82) is 0 Å². The van der Waals surface area contributed by atoms with E-state index in [0.29, 0.717) is 5.56 Å². The molecule has 0 bridgehead atoms. The van der Waals surface area contributed by atoms with Crippen LogP contribution in [0.5, 0.6) is 5.88 Å². The molecule has 7 heteroatoms. The summed E-state index contributed by atoms with van der Waals surface area (Å²) in [4.78, 5) is 24.9. The zero-order valence-electron chi connectivity index (χ0n) is 11.0. The Hall–Kier alpha value is -1.85. The molecule has 1 N–H and O–H groups in total. The van der Waals surface area contributed by atoms with Gasteiger partial charge in [0, 0.05) is 39.4 Å². The van der Waals surface area contributed by atoms with E-state index in [0.717, 1.165) is 17.3 Å². The van der Waals surface area contributed by atoms with Crippen LogP contribution < -0.4 is 10.3 Å². The number of thioether (sulfide) groups is 1. The lowest BCUT2D eigenvalue weighted by Crippen LogP contribution is -2.13. The second-order valence-corrected chi connectivity index (χ2v) is 5.26. The Morgan fingerprint density at radius 3 is 2.84 bits per heavy atom. The molecule has 0 saturated carbocycles. The highest BCUT2D eigenvalue weighted by Gasteiger charge is 2.15. The zero-order chi connectivity index (χ0) is 14.0. The Labute approximate surface area is 114 Å². The molecule has 2 heterocycles. The molecule has 1 aliphatic heterocycles. The van der Waals surface area contributed by atoms with E-state index >= 15 is 0 Å². The van der Waals surface area contributed by atoms with Crippen molar-refractivity contribution in [1.82, 2.24) is 14.7 Å². The van der Waals surface area contributed by atoms with Crippen molar-refractivity contribution in [3.05, 3.63) is 26.7 Å². The molecule has 6 nitrogen and oxygen atoms in total. The van der Waals surface area contributed by atoms with Gasteiger partial charge in [0.25, 0.3) is 5.56 Å². The maximum Gasteiger partial charge on any atom is 0.309 e. The summed E-state index contributed by atoms with van der Waals surface area (Å²) in [5, 5.41) is 3.66. The number of hydrogen-bond acceptors (Lipinski definition) is 5. The third-order valence-electron chi connectivity index (χ3n) is 2.65. The Morgan fingerprint density at radius 2 is 2.26 bits per heavy atom. The van der Waals surface area contributed by atoms with Crippen LogP contribution in [0.3, 0.4) is 0 Å². The average Bonchev–Trinajstić information content (AvgIpc) is 2.83. The average molecular weight is 281 g/mol. The highest BCUT2D eigenvalue weighted by Crippen LogP contribution is 2.25. The normalized spacial score (nSPS) is 14.5. The number of aromatic amines is 1.